The number of amides is 4. The second-order valence-electron chi connectivity index (χ2n) is 10.6. The molecule has 0 radical (unpaired) electrons. The molecule has 4 heterocycles. The molecule has 2 atom stereocenters. The first-order valence-corrected chi connectivity index (χ1v) is 15.2. The summed E-state index contributed by atoms with van der Waals surface area (Å²) in [7, 11) is 0. The van der Waals surface area contributed by atoms with Gasteiger partial charge >= 0.3 is 12.1 Å². The SMILES string of the molecule is CCN1CCCC1CC(NC(=O)Nc1ccsc1)c1ccc(C(=O)Nc2cscc2NC(=O)OC(C)(C)C)nc1. The number of hydrogen-bond acceptors (Lipinski definition) is 8. The molecule has 0 aromatic carbocycles. The van der Waals surface area contributed by atoms with Gasteiger partial charge in [0.1, 0.15) is 11.3 Å². The minimum absolute atomic E-state index is 0.218. The van der Waals surface area contributed by atoms with E-state index in [2.05, 4.69) is 38.1 Å². The van der Waals surface area contributed by atoms with Gasteiger partial charge in [-0.15, -0.1) is 11.3 Å². The van der Waals surface area contributed by atoms with Gasteiger partial charge in [-0.1, -0.05) is 13.0 Å². The predicted molar refractivity (Wildman–Crippen MR) is 160 cm³/mol. The van der Waals surface area contributed by atoms with E-state index in [0.717, 1.165) is 43.6 Å². The molecule has 1 aliphatic heterocycles. The average Bonchev–Trinajstić information content (AvgIpc) is 3.66. The molecule has 0 aliphatic carbocycles. The van der Waals surface area contributed by atoms with Gasteiger partial charge < -0.3 is 25.6 Å². The molecule has 2 unspecified atom stereocenters. The van der Waals surface area contributed by atoms with E-state index in [4.69, 9.17) is 4.74 Å². The molecule has 3 aromatic rings. The highest BCUT2D eigenvalue weighted by Gasteiger charge is 2.28. The number of pyridine rings is 1. The Hall–Kier alpha value is -3.48. The highest BCUT2D eigenvalue weighted by atomic mass is 32.1. The molecule has 10 nitrogen and oxygen atoms in total. The molecule has 1 aliphatic rings. The lowest BCUT2D eigenvalue weighted by Crippen LogP contribution is -2.38. The molecular weight excluding hydrogens is 548 g/mol. The second kappa shape index (κ2) is 13.2. The van der Waals surface area contributed by atoms with Crippen molar-refractivity contribution in [2.45, 2.75) is 64.6 Å². The Kier molecular flexibility index (Phi) is 9.77. The first-order valence-electron chi connectivity index (χ1n) is 13.3. The van der Waals surface area contributed by atoms with Crippen LogP contribution in [-0.2, 0) is 4.74 Å². The number of anilines is 3. The molecule has 4 rings (SSSR count). The zero-order valence-electron chi connectivity index (χ0n) is 23.2. The summed E-state index contributed by atoms with van der Waals surface area (Å²) < 4.78 is 5.30. The lowest BCUT2D eigenvalue weighted by atomic mass is 9.99. The zero-order valence-corrected chi connectivity index (χ0v) is 24.8. The minimum atomic E-state index is -0.640. The molecule has 1 saturated heterocycles. The van der Waals surface area contributed by atoms with Gasteiger partial charge in [0.2, 0.25) is 0 Å². The van der Waals surface area contributed by atoms with Gasteiger partial charge in [0.25, 0.3) is 5.91 Å². The number of likely N-dealkylation sites (tertiary alicyclic amines) is 1. The van der Waals surface area contributed by atoms with E-state index >= 15 is 0 Å². The number of carbonyl (C=O) groups excluding carboxylic acids is 3. The minimum Gasteiger partial charge on any atom is -0.444 e. The van der Waals surface area contributed by atoms with Crippen molar-refractivity contribution in [1.82, 2.24) is 15.2 Å². The number of urea groups is 1. The summed E-state index contributed by atoms with van der Waals surface area (Å²) in [5.74, 6) is -0.412. The fourth-order valence-electron chi connectivity index (χ4n) is 4.63. The van der Waals surface area contributed by atoms with Crippen LogP contribution in [0, 0.1) is 0 Å². The standard InChI is InChI=1S/C28H36N6O4S2/c1-5-34-11-6-7-20(34)13-22(32-26(36)30-19-10-12-39-15-19)18-8-9-21(29-14-18)25(35)31-23-16-40-17-24(23)33-27(37)38-28(2,3)4/h8-10,12,14-17,20,22H,5-7,11,13H2,1-4H3,(H,31,35)(H,33,37)(H2,30,32,36). The third-order valence-electron chi connectivity index (χ3n) is 6.46. The van der Waals surface area contributed by atoms with Crippen LogP contribution in [-0.4, -0.2) is 52.6 Å². The maximum atomic E-state index is 13.0. The zero-order chi connectivity index (χ0) is 28.7. The molecule has 4 amide bonds. The summed E-state index contributed by atoms with van der Waals surface area (Å²) in [5, 5.41) is 18.7. The summed E-state index contributed by atoms with van der Waals surface area (Å²) in [6.45, 7) is 9.51. The Morgan fingerprint density at radius 2 is 1.85 bits per heavy atom. The maximum Gasteiger partial charge on any atom is 0.412 e. The topological polar surface area (TPSA) is 125 Å². The van der Waals surface area contributed by atoms with E-state index in [-0.39, 0.29) is 17.8 Å². The lowest BCUT2D eigenvalue weighted by molar-refractivity contribution is 0.0635. The van der Waals surface area contributed by atoms with Crippen molar-refractivity contribution in [3.05, 3.63) is 57.2 Å². The molecule has 214 valence electrons. The van der Waals surface area contributed by atoms with Crippen molar-refractivity contribution in [2.75, 3.05) is 29.0 Å². The second-order valence-corrected chi connectivity index (χ2v) is 12.1. The number of aromatic nitrogens is 1. The monoisotopic (exact) mass is 584 g/mol. The summed E-state index contributed by atoms with van der Waals surface area (Å²) in [6.07, 6.45) is 3.99. The summed E-state index contributed by atoms with van der Waals surface area (Å²) in [4.78, 5) is 44.8. The van der Waals surface area contributed by atoms with Gasteiger partial charge in [0, 0.05) is 28.4 Å². The Labute approximate surface area is 242 Å². The lowest BCUT2D eigenvalue weighted by Gasteiger charge is -2.28. The third-order valence-corrected chi connectivity index (χ3v) is 7.89. The van der Waals surface area contributed by atoms with Crippen molar-refractivity contribution in [3.63, 3.8) is 0 Å². The van der Waals surface area contributed by atoms with Crippen LogP contribution < -0.4 is 21.3 Å². The quantitative estimate of drug-likeness (QED) is 0.226. The number of nitrogens with one attached hydrogen (secondary N) is 4. The van der Waals surface area contributed by atoms with E-state index in [1.807, 2.05) is 22.9 Å². The van der Waals surface area contributed by atoms with Crippen LogP contribution in [0.25, 0.3) is 0 Å². The maximum absolute atomic E-state index is 13.0. The largest absolute Gasteiger partial charge is 0.444 e. The molecule has 12 heteroatoms. The van der Waals surface area contributed by atoms with Crippen molar-refractivity contribution in [3.8, 4) is 0 Å². The Morgan fingerprint density at radius 1 is 1.07 bits per heavy atom. The van der Waals surface area contributed by atoms with Crippen LogP contribution in [0.3, 0.4) is 0 Å². The van der Waals surface area contributed by atoms with Crippen molar-refractivity contribution >= 4 is 57.8 Å². The van der Waals surface area contributed by atoms with E-state index in [1.165, 1.54) is 22.7 Å². The summed E-state index contributed by atoms with van der Waals surface area (Å²) >= 11 is 2.85. The third kappa shape index (κ3) is 8.26. The highest BCUT2D eigenvalue weighted by Crippen LogP contribution is 2.29. The number of ether oxygens (including phenoxy) is 1. The van der Waals surface area contributed by atoms with E-state index in [1.54, 1.807) is 43.8 Å². The van der Waals surface area contributed by atoms with E-state index in [9.17, 15) is 14.4 Å². The normalized spacial score (nSPS) is 16.2. The fraction of sp³-hybridized carbons (Fsp3) is 0.429. The van der Waals surface area contributed by atoms with Gasteiger partial charge in [0.05, 0.1) is 23.1 Å². The number of nitrogens with zero attached hydrogens (tertiary/aromatic N) is 2. The molecule has 0 saturated carbocycles. The molecular formula is C28H36N6O4S2. The van der Waals surface area contributed by atoms with Crippen LogP contribution >= 0.6 is 22.7 Å². The van der Waals surface area contributed by atoms with Gasteiger partial charge in [-0.05, 0) is 76.2 Å². The molecule has 40 heavy (non-hydrogen) atoms. The number of carbonyl (C=O) groups is 3. The van der Waals surface area contributed by atoms with Gasteiger partial charge in [-0.3, -0.25) is 15.1 Å². The van der Waals surface area contributed by atoms with Crippen LogP contribution in [0.5, 0.6) is 0 Å². The average molecular weight is 585 g/mol. The van der Waals surface area contributed by atoms with E-state index in [0.29, 0.717) is 17.4 Å². The molecule has 3 aromatic heterocycles. The first-order chi connectivity index (χ1) is 19.1. The van der Waals surface area contributed by atoms with Crippen LogP contribution in [0.2, 0.25) is 0 Å². The first kappa shape index (κ1) is 29.5. The number of hydrogen-bond donors (Lipinski definition) is 4. The van der Waals surface area contributed by atoms with Crippen LogP contribution in [0.15, 0.2) is 45.9 Å². The van der Waals surface area contributed by atoms with Gasteiger partial charge in [0.15, 0.2) is 0 Å². The molecule has 4 N–H and O–H groups in total. The van der Waals surface area contributed by atoms with Gasteiger partial charge in [-0.25, -0.2) is 9.59 Å². The summed E-state index contributed by atoms with van der Waals surface area (Å²) in [6, 6.07) is 5.13. The van der Waals surface area contributed by atoms with E-state index < -0.39 is 17.6 Å². The van der Waals surface area contributed by atoms with Crippen molar-refractivity contribution in [2.24, 2.45) is 0 Å². The smallest absolute Gasteiger partial charge is 0.412 e. The van der Waals surface area contributed by atoms with Crippen LogP contribution in [0.1, 0.15) is 69.1 Å². The Morgan fingerprint density at radius 3 is 2.50 bits per heavy atom. The molecule has 1 fully saturated rings. The number of thiophene rings is 2. The predicted octanol–water partition coefficient (Wildman–Crippen LogP) is 6.54. The number of rotatable bonds is 9. The van der Waals surface area contributed by atoms with Crippen LogP contribution in [0.4, 0.5) is 26.7 Å². The summed E-state index contributed by atoms with van der Waals surface area (Å²) in [5.41, 5.74) is 2.05. The van der Waals surface area contributed by atoms with Crippen molar-refractivity contribution in [1.29, 1.82) is 0 Å². The molecule has 0 bridgehead atoms. The van der Waals surface area contributed by atoms with Crippen molar-refractivity contribution < 1.29 is 19.1 Å². The fourth-order valence-corrected chi connectivity index (χ4v) is 5.93. The highest BCUT2D eigenvalue weighted by molar-refractivity contribution is 7.09. The van der Waals surface area contributed by atoms with Gasteiger partial charge in [-0.2, -0.15) is 11.3 Å². The Bertz CT molecular complexity index is 1290. The Balaban J connectivity index is 1.44. The molecule has 0 spiro atoms.